The highest BCUT2D eigenvalue weighted by atomic mass is 32.2. The van der Waals surface area contributed by atoms with Gasteiger partial charge < -0.3 is 4.40 Å². The zero-order valence-corrected chi connectivity index (χ0v) is 22.3. The molecule has 0 aliphatic rings. The van der Waals surface area contributed by atoms with E-state index in [-0.39, 0.29) is 29.5 Å². The van der Waals surface area contributed by atoms with E-state index < -0.39 is 26.5 Å². The van der Waals surface area contributed by atoms with Crippen molar-refractivity contribution in [2.45, 2.75) is 25.7 Å². The molecule has 0 aliphatic heterocycles. The summed E-state index contributed by atoms with van der Waals surface area (Å²) in [5.74, 6) is -0.753. The highest BCUT2D eigenvalue weighted by Crippen LogP contribution is 2.29. The maximum atomic E-state index is 13.4. The molecule has 0 aliphatic carbocycles. The Balaban J connectivity index is 1.70. The van der Waals surface area contributed by atoms with Gasteiger partial charge >= 0.3 is 0 Å². The lowest BCUT2D eigenvalue weighted by Gasteiger charge is -2.18. The second-order valence-corrected chi connectivity index (χ2v) is 10.5. The fraction of sp³-hybridized carbons (Fsp3) is 0.185. The molecule has 2 aromatic heterocycles. The number of halogens is 1. The molecule has 0 saturated heterocycles. The number of nitro groups is 1. The van der Waals surface area contributed by atoms with E-state index >= 15 is 0 Å². The largest absolute Gasteiger partial charge is 0.313 e. The summed E-state index contributed by atoms with van der Waals surface area (Å²) in [6.07, 6.45) is 3.17. The minimum atomic E-state index is -3.89. The molecule has 4 aromatic rings. The van der Waals surface area contributed by atoms with Gasteiger partial charge in [0.25, 0.3) is 5.69 Å². The van der Waals surface area contributed by atoms with E-state index in [1.54, 1.807) is 49.6 Å². The summed E-state index contributed by atoms with van der Waals surface area (Å²) in [5.41, 5.74) is 4.74. The van der Waals surface area contributed by atoms with Crippen LogP contribution >= 0.6 is 0 Å². The number of carbonyl (C=O) groups is 1. The molecule has 0 spiro atoms. The summed E-state index contributed by atoms with van der Waals surface area (Å²) in [6, 6.07) is 14.2. The number of hydrogen-bond acceptors (Lipinski definition) is 7. The topological polar surface area (TPSA) is 126 Å². The van der Waals surface area contributed by atoms with Crippen LogP contribution in [-0.2, 0) is 10.0 Å². The minimum absolute atomic E-state index is 0.00136. The van der Waals surface area contributed by atoms with E-state index in [2.05, 4.69) is 10.5 Å². The molecule has 4 rings (SSSR count). The van der Waals surface area contributed by atoms with E-state index in [4.69, 9.17) is 0 Å². The molecule has 0 unspecified atom stereocenters. The third kappa shape index (κ3) is 5.29. The van der Waals surface area contributed by atoms with Crippen molar-refractivity contribution in [1.29, 1.82) is 0 Å². The number of nitrogens with zero attached hydrogens (tertiary/aromatic N) is 4. The molecule has 0 amide bonds. The number of aromatic nitrogens is 1. The van der Waals surface area contributed by atoms with Crippen LogP contribution in [0.4, 0.5) is 15.8 Å². The summed E-state index contributed by atoms with van der Waals surface area (Å²) < 4.78 is 41.9. The Labute approximate surface area is 224 Å². The third-order valence-corrected chi connectivity index (χ3v) is 8.39. The van der Waals surface area contributed by atoms with E-state index in [1.807, 2.05) is 0 Å². The van der Waals surface area contributed by atoms with Crippen molar-refractivity contribution in [3.05, 3.63) is 105 Å². The van der Waals surface area contributed by atoms with Gasteiger partial charge in [-0.05, 0) is 61.0 Å². The van der Waals surface area contributed by atoms with Crippen LogP contribution in [0.1, 0.15) is 41.0 Å². The molecule has 0 radical (unpaired) electrons. The van der Waals surface area contributed by atoms with Gasteiger partial charge in [0.1, 0.15) is 11.5 Å². The van der Waals surface area contributed by atoms with Crippen molar-refractivity contribution in [3.8, 4) is 0 Å². The molecule has 1 N–H and O–H groups in total. The summed E-state index contributed by atoms with van der Waals surface area (Å²) in [4.78, 5) is 24.2. The van der Waals surface area contributed by atoms with Gasteiger partial charge in [-0.3, -0.25) is 20.3 Å². The fourth-order valence-electron chi connectivity index (χ4n) is 4.34. The number of benzene rings is 2. The lowest BCUT2D eigenvalue weighted by atomic mass is 10.0. The first kappa shape index (κ1) is 27.6. The summed E-state index contributed by atoms with van der Waals surface area (Å²) in [5, 5.41) is 15.9. The normalized spacial score (nSPS) is 11.9. The van der Waals surface area contributed by atoms with Crippen LogP contribution in [0.25, 0.3) is 5.52 Å². The first-order valence-corrected chi connectivity index (χ1v) is 13.5. The average molecular weight is 552 g/mol. The van der Waals surface area contributed by atoms with Gasteiger partial charge in [-0.1, -0.05) is 19.9 Å². The van der Waals surface area contributed by atoms with Gasteiger partial charge in [0.15, 0.2) is 0 Å². The molecular formula is C27H26FN5O5S. The van der Waals surface area contributed by atoms with Crippen molar-refractivity contribution in [1.82, 2.24) is 8.71 Å². The second kappa shape index (κ2) is 11.1. The molecular weight excluding hydrogens is 525 g/mol. The molecule has 0 fully saturated rings. The van der Waals surface area contributed by atoms with Crippen LogP contribution in [0.2, 0.25) is 0 Å². The summed E-state index contributed by atoms with van der Waals surface area (Å²) in [7, 11) is -3.89. The van der Waals surface area contributed by atoms with Crippen molar-refractivity contribution in [2.24, 2.45) is 5.10 Å². The molecule has 0 saturated carbocycles. The van der Waals surface area contributed by atoms with E-state index in [9.17, 15) is 27.7 Å². The second-order valence-electron chi connectivity index (χ2n) is 8.57. The van der Waals surface area contributed by atoms with Crippen molar-refractivity contribution < 1.29 is 22.5 Å². The molecule has 0 atom stereocenters. The fourth-order valence-corrected chi connectivity index (χ4v) is 5.81. The SMILES string of the molecule is CCN(CC)S(=O)(=O)c1ccc(NN=Cc2c(C)c(C(=O)c3ccc(F)cc3)n3ccccc23)c([N+](=O)[O-])c1. The van der Waals surface area contributed by atoms with Crippen LogP contribution in [0.15, 0.2) is 76.9 Å². The molecule has 2 heterocycles. The number of ketones is 1. The first-order chi connectivity index (χ1) is 18.6. The maximum absolute atomic E-state index is 13.4. The number of nitrogens with one attached hydrogen (secondary N) is 1. The van der Waals surface area contributed by atoms with Gasteiger partial charge in [0, 0.05) is 36.5 Å². The minimum Gasteiger partial charge on any atom is -0.313 e. The lowest BCUT2D eigenvalue weighted by Crippen LogP contribution is -2.30. The molecule has 202 valence electrons. The molecule has 2 aromatic carbocycles. The molecule has 12 heteroatoms. The molecule has 10 nitrogen and oxygen atoms in total. The van der Waals surface area contributed by atoms with E-state index in [0.717, 1.165) is 6.07 Å². The Morgan fingerprint density at radius 2 is 1.82 bits per heavy atom. The van der Waals surface area contributed by atoms with Crippen LogP contribution in [0.3, 0.4) is 0 Å². The highest BCUT2D eigenvalue weighted by Gasteiger charge is 2.26. The Bertz CT molecular complexity index is 1690. The predicted molar refractivity (Wildman–Crippen MR) is 146 cm³/mol. The number of carbonyl (C=O) groups excluding carboxylic acids is 1. The smallest absolute Gasteiger partial charge is 0.295 e. The van der Waals surface area contributed by atoms with Crippen LogP contribution in [0, 0.1) is 22.9 Å². The first-order valence-electron chi connectivity index (χ1n) is 12.1. The van der Waals surface area contributed by atoms with Gasteiger partial charge in [0.2, 0.25) is 15.8 Å². The van der Waals surface area contributed by atoms with Gasteiger partial charge in [-0.25, -0.2) is 12.8 Å². The molecule has 0 bridgehead atoms. The maximum Gasteiger partial charge on any atom is 0.295 e. The average Bonchev–Trinajstić information content (AvgIpc) is 3.20. The van der Waals surface area contributed by atoms with Crippen molar-refractivity contribution in [3.63, 3.8) is 0 Å². The Morgan fingerprint density at radius 1 is 1.13 bits per heavy atom. The number of anilines is 1. The number of nitro benzene ring substituents is 1. The Morgan fingerprint density at radius 3 is 2.46 bits per heavy atom. The molecule has 39 heavy (non-hydrogen) atoms. The van der Waals surface area contributed by atoms with Crippen LogP contribution in [0.5, 0.6) is 0 Å². The lowest BCUT2D eigenvalue weighted by molar-refractivity contribution is -0.384. The number of hydrogen-bond donors (Lipinski definition) is 1. The number of hydrazone groups is 1. The zero-order chi connectivity index (χ0) is 28.3. The number of pyridine rings is 1. The highest BCUT2D eigenvalue weighted by molar-refractivity contribution is 7.89. The Hall–Kier alpha value is -4.42. The van der Waals surface area contributed by atoms with E-state index in [1.165, 1.54) is 46.9 Å². The van der Waals surface area contributed by atoms with E-state index in [0.29, 0.717) is 27.9 Å². The number of rotatable bonds is 10. The standard InChI is InChI=1S/C27H26FN5O5S/c1-4-31(5-2)39(37,38)21-13-14-23(25(16-21)33(35)36)30-29-17-22-18(3)26(32-15-7-6-8-24(22)32)27(34)19-9-11-20(28)12-10-19/h6-17,30H,4-5H2,1-3H3. The van der Waals surface area contributed by atoms with Crippen LogP contribution < -0.4 is 5.43 Å². The number of sulfonamides is 1. The van der Waals surface area contributed by atoms with Gasteiger partial charge in [-0.2, -0.15) is 9.41 Å². The Kier molecular flexibility index (Phi) is 7.88. The summed E-state index contributed by atoms with van der Waals surface area (Å²) >= 11 is 0. The zero-order valence-electron chi connectivity index (χ0n) is 21.5. The number of fused-ring (bicyclic) bond motifs is 1. The van der Waals surface area contributed by atoms with Crippen molar-refractivity contribution in [2.75, 3.05) is 18.5 Å². The monoisotopic (exact) mass is 551 g/mol. The van der Waals surface area contributed by atoms with Crippen molar-refractivity contribution >= 4 is 38.9 Å². The quantitative estimate of drug-likeness (QED) is 0.128. The third-order valence-electron chi connectivity index (χ3n) is 6.35. The van der Waals surface area contributed by atoms with Crippen LogP contribution in [-0.4, -0.2) is 47.1 Å². The predicted octanol–water partition coefficient (Wildman–Crippen LogP) is 5.00. The summed E-state index contributed by atoms with van der Waals surface area (Å²) in [6.45, 7) is 5.58. The van der Waals surface area contributed by atoms with Gasteiger partial charge in [-0.15, -0.1) is 0 Å². The van der Waals surface area contributed by atoms with Gasteiger partial charge in [0.05, 0.1) is 27.2 Å².